The number of rotatable bonds is 6. The molecule has 0 radical (unpaired) electrons. The highest BCUT2D eigenvalue weighted by Gasteiger charge is 2.17. The number of hydrogen-bond acceptors (Lipinski definition) is 1. The molecular weight excluding hydrogens is 213 g/mol. The maximum absolute atomic E-state index is 12.8. The standard InChI is InChI=1S/C15H22FN/c1-2-15(13-6-8-14(16)9-7-13)17-11-10-12-4-3-5-12/h6-9,12,15,17H,2-5,10-11H2,1H3. The van der Waals surface area contributed by atoms with Crippen LogP contribution in [0.2, 0.25) is 0 Å². The van der Waals surface area contributed by atoms with Crippen molar-refractivity contribution in [3.63, 3.8) is 0 Å². The van der Waals surface area contributed by atoms with Crippen molar-refractivity contribution >= 4 is 0 Å². The van der Waals surface area contributed by atoms with Crippen molar-refractivity contribution in [2.45, 2.75) is 45.1 Å². The summed E-state index contributed by atoms with van der Waals surface area (Å²) in [7, 11) is 0. The predicted octanol–water partition coefficient (Wildman–Crippen LogP) is 4.06. The molecular formula is C15H22FN. The zero-order chi connectivity index (χ0) is 12.1. The molecule has 1 aliphatic carbocycles. The van der Waals surface area contributed by atoms with Crippen LogP contribution in [0, 0.1) is 11.7 Å². The molecule has 1 nitrogen and oxygen atoms in total. The zero-order valence-electron chi connectivity index (χ0n) is 10.6. The van der Waals surface area contributed by atoms with Gasteiger partial charge in [0.25, 0.3) is 0 Å². The third kappa shape index (κ3) is 3.53. The maximum Gasteiger partial charge on any atom is 0.123 e. The Kier molecular flexibility index (Phi) is 4.55. The van der Waals surface area contributed by atoms with Crippen molar-refractivity contribution in [1.29, 1.82) is 0 Å². The largest absolute Gasteiger partial charge is 0.310 e. The number of hydrogen-bond donors (Lipinski definition) is 1. The first-order valence-corrected chi connectivity index (χ1v) is 6.78. The fourth-order valence-electron chi connectivity index (χ4n) is 2.44. The van der Waals surface area contributed by atoms with Gasteiger partial charge >= 0.3 is 0 Å². The Hall–Kier alpha value is -0.890. The quantitative estimate of drug-likeness (QED) is 0.784. The molecule has 1 unspecified atom stereocenters. The van der Waals surface area contributed by atoms with Gasteiger partial charge in [-0.15, -0.1) is 0 Å². The summed E-state index contributed by atoms with van der Waals surface area (Å²) in [5.74, 6) is 0.797. The minimum Gasteiger partial charge on any atom is -0.310 e. The average Bonchev–Trinajstić information content (AvgIpc) is 2.29. The molecule has 0 spiro atoms. The van der Waals surface area contributed by atoms with Crippen LogP contribution in [0.25, 0.3) is 0 Å². The molecule has 0 aliphatic heterocycles. The smallest absolute Gasteiger partial charge is 0.123 e. The van der Waals surface area contributed by atoms with Crippen LogP contribution >= 0.6 is 0 Å². The van der Waals surface area contributed by atoms with Crippen LogP contribution in [0.5, 0.6) is 0 Å². The maximum atomic E-state index is 12.8. The molecule has 2 heteroatoms. The fourth-order valence-corrected chi connectivity index (χ4v) is 2.44. The van der Waals surface area contributed by atoms with E-state index in [2.05, 4.69) is 12.2 Å². The Balaban J connectivity index is 1.80. The molecule has 0 amide bonds. The third-order valence-corrected chi connectivity index (χ3v) is 3.85. The molecule has 1 atom stereocenters. The average molecular weight is 235 g/mol. The number of benzene rings is 1. The predicted molar refractivity (Wildman–Crippen MR) is 69.4 cm³/mol. The highest BCUT2D eigenvalue weighted by Crippen LogP contribution is 2.29. The summed E-state index contributed by atoms with van der Waals surface area (Å²) in [6.45, 7) is 3.25. The molecule has 94 valence electrons. The molecule has 0 aromatic heterocycles. The molecule has 2 rings (SSSR count). The molecule has 1 aliphatic rings. The monoisotopic (exact) mass is 235 g/mol. The first kappa shape index (κ1) is 12.6. The Labute approximate surface area is 103 Å². The van der Waals surface area contributed by atoms with Crippen LogP contribution in [0.15, 0.2) is 24.3 Å². The molecule has 0 bridgehead atoms. The van der Waals surface area contributed by atoms with E-state index >= 15 is 0 Å². The summed E-state index contributed by atoms with van der Waals surface area (Å²) in [5, 5.41) is 3.58. The van der Waals surface area contributed by atoms with E-state index in [9.17, 15) is 4.39 Å². The van der Waals surface area contributed by atoms with Gasteiger partial charge in [0.1, 0.15) is 5.82 Å². The molecule has 1 aromatic carbocycles. The number of nitrogens with one attached hydrogen (secondary N) is 1. The molecule has 1 aromatic rings. The molecule has 17 heavy (non-hydrogen) atoms. The van der Waals surface area contributed by atoms with Crippen LogP contribution in [-0.4, -0.2) is 6.54 Å². The van der Waals surface area contributed by atoms with E-state index in [1.54, 1.807) is 12.1 Å². The Morgan fingerprint density at radius 3 is 2.53 bits per heavy atom. The fraction of sp³-hybridized carbons (Fsp3) is 0.600. The van der Waals surface area contributed by atoms with Crippen molar-refractivity contribution in [2.75, 3.05) is 6.54 Å². The van der Waals surface area contributed by atoms with Crippen molar-refractivity contribution in [2.24, 2.45) is 5.92 Å². The first-order chi connectivity index (χ1) is 8.29. The van der Waals surface area contributed by atoms with Crippen LogP contribution in [-0.2, 0) is 0 Å². The van der Waals surface area contributed by atoms with Gasteiger partial charge in [-0.2, -0.15) is 0 Å². The summed E-state index contributed by atoms with van der Waals surface area (Å²) >= 11 is 0. The summed E-state index contributed by atoms with van der Waals surface area (Å²) in [5.41, 5.74) is 1.20. The normalized spacial score (nSPS) is 17.8. The summed E-state index contributed by atoms with van der Waals surface area (Å²) in [4.78, 5) is 0. The molecule has 1 fully saturated rings. The third-order valence-electron chi connectivity index (χ3n) is 3.85. The van der Waals surface area contributed by atoms with E-state index < -0.39 is 0 Å². The van der Waals surface area contributed by atoms with Gasteiger partial charge in [-0.05, 0) is 43.0 Å². The van der Waals surface area contributed by atoms with Gasteiger partial charge in [0, 0.05) is 6.04 Å². The Morgan fingerprint density at radius 1 is 1.29 bits per heavy atom. The van der Waals surface area contributed by atoms with Gasteiger partial charge in [0.2, 0.25) is 0 Å². The van der Waals surface area contributed by atoms with Gasteiger partial charge in [0.05, 0.1) is 0 Å². The topological polar surface area (TPSA) is 12.0 Å². The highest BCUT2D eigenvalue weighted by molar-refractivity contribution is 5.19. The van der Waals surface area contributed by atoms with Gasteiger partial charge in [0.15, 0.2) is 0 Å². The molecule has 1 N–H and O–H groups in total. The zero-order valence-corrected chi connectivity index (χ0v) is 10.6. The van der Waals surface area contributed by atoms with Crippen molar-refractivity contribution < 1.29 is 4.39 Å². The van der Waals surface area contributed by atoms with Crippen LogP contribution in [0.4, 0.5) is 4.39 Å². The van der Waals surface area contributed by atoms with E-state index in [4.69, 9.17) is 0 Å². The van der Waals surface area contributed by atoms with Gasteiger partial charge < -0.3 is 5.32 Å². The van der Waals surface area contributed by atoms with Crippen molar-refractivity contribution in [1.82, 2.24) is 5.32 Å². The lowest BCUT2D eigenvalue weighted by atomic mass is 9.83. The van der Waals surface area contributed by atoms with Crippen molar-refractivity contribution in [3.8, 4) is 0 Å². The van der Waals surface area contributed by atoms with Crippen LogP contribution in [0.1, 0.15) is 50.6 Å². The molecule has 1 saturated carbocycles. The van der Waals surface area contributed by atoms with E-state index in [1.807, 2.05) is 12.1 Å². The molecule has 0 heterocycles. The van der Waals surface area contributed by atoms with Crippen LogP contribution in [0.3, 0.4) is 0 Å². The summed E-state index contributed by atoms with van der Waals surface area (Å²) < 4.78 is 12.8. The summed E-state index contributed by atoms with van der Waals surface area (Å²) in [6.07, 6.45) is 6.58. The second kappa shape index (κ2) is 6.15. The first-order valence-electron chi connectivity index (χ1n) is 6.78. The lowest BCUT2D eigenvalue weighted by Gasteiger charge is -2.26. The molecule has 0 saturated heterocycles. The SMILES string of the molecule is CCC(NCCC1CCC1)c1ccc(F)cc1. The van der Waals surface area contributed by atoms with E-state index in [1.165, 1.54) is 31.2 Å². The second-order valence-electron chi connectivity index (χ2n) is 5.05. The van der Waals surface area contributed by atoms with Crippen molar-refractivity contribution in [3.05, 3.63) is 35.6 Å². The lowest BCUT2D eigenvalue weighted by molar-refractivity contribution is 0.287. The minimum absolute atomic E-state index is 0.155. The number of halogens is 1. The van der Waals surface area contributed by atoms with Gasteiger partial charge in [-0.3, -0.25) is 0 Å². The summed E-state index contributed by atoms with van der Waals surface area (Å²) in [6, 6.07) is 7.24. The second-order valence-corrected chi connectivity index (χ2v) is 5.05. The highest BCUT2D eigenvalue weighted by atomic mass is 19.1. The van der Waals surface area contributed by atoms with E-state index in [-0.39, 0.29) is 5.82 Å². The van der Waals surface area contributed by atoms with Gasteiger partial charge in [-0.1, -0.05) is 38.3 Å². The van der Waals surface area contributed by atoms with E-state index in [0.29, 0.717) is 6.04 Å². The lowest BCUT2D eigenvalue weighted by Crippen LogP contribution is -2.25. The van der Waals surface area contributed by atoms with Crippen LogP contribution < -0.4 is 5.32 Å². The van der Waals surface area contributed by atoms with E-state index in [0.717, 1.165) is 18.9 Å². The van der Waals surface area contributed by atoms with Gasteiger partial charge in [-0.25, -0.2) is 4.39 Å². The minimum atomic E-state index is -0.155. The Bertz CT molecular complexity index is 329. The Morgan fingerprint density at radius 2 is 2.00 bits per heavy atom.